The fraction of sp³-hybridized carbons (Fsp3) is 0.643. The van der Waals surface area contributed by atoms with E-state index in [0.29, 0.717) is 38.1 Å². The molecule has 132 valence electrons. The summed E-state index contributed by atoms with van der Waals surface area (Å²) in [4.78, 5) is 20.1. The molecule has 0 radical (unpaired) electrons. The third kappa shape index (κ3) is 8.74. The van der Waals surface area contributed by atoms with Crippen molar-refractivity contribution in [2.24, 2.45) is 4.99 Å². The maximum atomic E-state index is 11.6. The Kier molecular flexibility index (Phi) is 11.4. The normalized spacial score (nSPS) is 10.9. The summed E-state index contributed by atoms with van der Waals surface area (Å²) < 4.78 is 10.3. The Morgan fingerprint density at radius 1 is 1.30 bits per heavy atom. The molecule has 0 saturated heterocycles. The van der Waals surface area contributed by atoms with Gasteiger partial charge in [-0.3, -0.25) is 4.79 Å². The smallest absolute Gasteiger partial charge is 0.241 e. The van der Waals surface area contributed by atoms with Gasteiger partial charge >= 0.3 is 0 Å². The molecule has 0 aliphatic rings. The first-order valence-electron chi connectivity index (χ1n) is 7.27. The molecule has 1 rings (SSSR count). The van der Waals surface area contributed by atoms with E-state index in [-0.39, 0.29) is 36.4 Å². The van der Waals surface area contributed by atoms with Crippen LogP contribution in [0.15, 0.2) is 9.41 Å². The van der Waals surface area contributed by atoms with Gasteiger partial charge in [0.1, 0.15) is 12.3 Å². The minimum atomic E-state index is -0.155. The van der Waals surface area contributed by atoms with E-state index in [0.717, 1.165) is 11.5 Å². The van der Waals surface area contributed by atoms with Crippen molar-refractivity contribution in [2.75, 3.05) is 33.4 Å². The standard InChI is InChI=1S/C14H25N5O3.HI/c1-5-15-14(17-8-12(20)16-6-7-21-4)18-9-13-19-10(2)11(3)22-13;/h5-9H2,1-4H3,(H,16,20)(H2,15,17,18);1H. The van der Waals surface area contributed by atoms with Crippen LogP contribution in [0.3, 0.4) is 0 Å². The monoisotopic (exact) mass is 439 g/mol. The van der Waals surface area contributed by atoms with Crippen molar-refractivity contribution in [1.29, 1.82) is 0 Å². The lowest BCUT2D eigenvalue weighted by Crippen LogP contribution is -2.38. The number of aromatic nitrogens is 1. The highest BCUT2D eigenvalue weighted by atomic mass is 127. The molecule has 0 aromatic carbocycles. The van der Waals surface area contributed by atoms with Crippen molar-refractivity contribution in [2.45, 2.75) is 27.3 Å². The number of guanidine groups is 1. The van der Waals surface area contributed by atoms with Crippen LogP contribution >= 0.6 is 24.0 Å². The van der Waals surface area contributed by atoms with Gasteiger partial charge in [0.2, 0.25) is 11.8 Å². The number of aliphatic imine (C=N–C) groups is 1. The summed E-state index contributed by atoms with van der Waals surface area (Å²) in [6.45, 7) is 7.83. The highest BCUT2D eigenvalue weighted by Crippen LogP contribution is 2.07. The number of hydrogen-bond donors (Lipinski definition) is 3. The van der Waals surface area contributed by atoms with Crippen molar-refractivity contribution in [1.82, 2.24) is 20.9 Å². The Hall–Kier alpha value is -1.36. The molecule has 0 unspecified atom stereocenters. The minimum absolute atomic E-state index is 0. The van der Waals surface area contributed by atoms with Gasteiger partial charge in [0, 0.05) is 20.2 Å². The molecule has 1 heterocycles. The zero-order valence-corrected chi connectivity index (χ0v) is 16.4. The third-order valence-electron chi connectivity index (χ3n) is 2.83. The number of methoxy groups -OCH3 is 1. The number of ether oxygens (including phenoxy) is 1. The molecule has 0 atom stereocenters. The van der Waals surface area contributed by atoms with Crippen molar-refractivity contribution in [3.63, 3.8) is 0 Å². The van der Waals surface area contributed by atoms with Gasteiger partial charge in [0.25, 0.3) is 0 Å². The Labute approximate surface area is 153 Å². The van der Waals surface area contributed by atoms with Gasteiger partial charge in [-0.25, -0.2) is 9.98 Å². The Morgan fingerprint density at radius 3 is 2.61 bits per heavy atom. The summed E-state index contributed by atoms with van der Waals surface area (Å²) in [7, 11) is 1.59. The second-order valence-corrected chi connectivity index (χ2v) is 4.64. The van der Waals surface area contributed by atoms with Crippen LogP contribution in [0.25, 0.3) is 0 Å². The van der Waals surface area contributed by atoms with Crippen LogP contribution in [-0.4, -0.2) is 50.2 Å². The summed E-state index contributed by atoms with van der Waals surface area (Å²) in [6, 6.07) is 0. The molecule has 0 aliphatic heterocycles. The predicted octanol–water partition coefficient (Wildman–Crippen LogP) is 0.727. The highest BCUT2D eigenvalue weighted by molar-refractivity contribution is 14.0. The molecule has 3 N–H and O–H groups in total. The van der Waals surface area contributed by atoms with E-state index in [4.69, 9.17) is 9.15 Å². The molecule has 1 aromatic rings. The van der Waals surface area contributed by atoms with E-state index < -0.39 is 0 Å². The van der Waals surface area contributed by atoms with Crippen LogP contribution in [0.1, 0.15) is 24.3 Å². The second kappa shape index (κ2) is 12.1. The van der Waals surface area contributed by atoms with Crippen molar-refractivity contribution in [3.8, 4) is 0 Å². The number of rotatable bonds is 8. The number of carbonyl (C=O) groups excluding carboxylic acids is 1. The summed E-state index contributed by atoms with van der Waals surface area (Å²) in [5.41, 5.74) is 0.872. The average Bonchev–Trinajstić information content (AvgIpc) is 2.81. The summed E-state index contributed by atoms with van der Waals surface area (Å²) in [5, 5.41) is 8.85. The number of amides is 1. The lowest BCUT2D eigenvalue weighted by atomic mass is 10.4. The molecule has 0 spiro atoms. The topological polar surface area (TPSA) is 101 Å². The number of halogens is 1. The molecule has 1 aromatic heterocycles. The van der Waals surface area contributed by atoms with Crippen LogP contribution in [0.4, 0.5) is 0 Å². The molecule has 0 aliphatic carbocycles. The molecule has 0 bridgehead atoms. The number of aryl methyl sites for hydroxylation is 2. The molecule has 9 heteroatoms. The van der Waals surface area contributed by atoms with Gasteiger partial charge in [-0.05, 0) is 20.8 Å². The van der Waals surface area contributed by atoms with Crippen LogP contribution in [0.5, 0.6) is 0 Å². The zero-order valence-electron chi connectivity index (χ0n) is 14.1. The van der Waals surface area contributed by atoms with Gasteiger partial charge in [0.05, 0.1) is 18.8 Å². The lowest BCUT2D eigenvalue weighted by molar-refractivity contribution is -0.119. The van der Waals surface area contributed by atoms with Crippen LogP contribution < -0.4 is 16.0 Å². The average molecular weight is 439 g/mol. The minimum Gasteiger partial charge on any atom is -0.444 e. The highest BCUT2D eigenvalue weighted by Gasteiger charge is 2.07. The second-order valence-electron chi connectivity index (χ2n) is 4.64. The Balaban J connectivity index is 0.00000484. The number of nitrogens with zero attached hydrogens (tertiary/aromatic N) is 2. The largest absolute Gasteiger partial charge is 0.444 e. The summed E-state index contributed by atoms with van der Waals surface area (Å²) in [5.74, 6) is 1.77. The van der Waals surface area contributed by atoms with E-state index in [2.05, 4.69) is 25.9 Å². The fourth-order valence-corrected chi connectivity index (χ4v) is 1.62. The number of hydrogen-bond acceptors (Lipinski definition) is 5. The van der Waals surface area contributed by atoms with Crippen LogP contribution in [0.2, 0.25) is 0 Å². The quantitative estimate of drug-likeness (QED) is 0.239. The van der Waals surface area contributed by atoms with Gasteiger partial charge in [0.15, 0.2) is 5.96 Å². The maximum Gasteiger partial charge on any atom is 0.241 e. The van der Waals surface area contributed by atoms with Crippen LogP contribution in [-0.2, 0) is 16.1 Å². The van der Waals surface area contributed by atoms with Crippen molar-refractivity contribution >= 4 is 35.8 Å². The number of nitrogens with one attached hydrogen (secondary N) is 3. The number of oxazole rings is 1. The Morgan fingerprint density at radius 2 is 2.04 bits per heavy atom. The molecular formula is C14H26IN5O3. The van der Waals surface area contributed by atoms with Gasteiger partial charge in [-0.1, -0.05) is 0 Å². The molecule has 0 saturated carbocycles. The van der Waals surface area contributed by atoms with Gasteiger partial charge < -0.3 is 25.1 Å². The molecular weight excluding hydrogens is 413 g/mol. The molecule has 0 fully saturated rings. The third-order valence-corrected chi connectivity index (χ3v) is 2.83. The van der Waals surface area contributed by atoms with E-state index in [1.807, 2.05) is 20.8 Å². The van der Waals surface area contributed by atoms with E-state index in [1.54, 1.807) is 7.11 Å². The van der Waals surface area contributed by atoms with Gasteiger partial charge in [-0.2, -0.15) is 0 Å². The maximum absolute atomic E-state index is 11.6. The Bertz CT molecular complexity index is 485. The lowest BCUT2D eigenvalue weighted by Gasteiger charge is -2.09. The zero-order chi connectivity index (χ0) is 16.4. The SMILES string of the molecule is CCNC(=NCC(=O)NCCOC)NCc1nc(C)c(C)o1.I. The van der Waals surface area contributed by atoms with Gasteiger partial charge in [-0.15, -0.1) is 24.0 Å². The first-order valence-corrected chi connectivity index (χ1v) is 7.27. The van der Waals surface area contributed by atoms with E-state index >= 15 is 0 Å². The number of carbonyl (C=O) groups is 1. The molecule has 1 amide bonds. The predicted molar refractivity (Wildman–Crippen MR) is 99.1 cm³/mol. The van der Waals surface area contributed by atoms with Crippen molar-refractivity contribution in [3.05, 3.63) is 17.3 Å². The van der Waals surface area contributed by atoms with Crippen molar-refractivity contribution < 1.29 is 13.9 Å². The van der Waals surface area contributed by atoms with E-state index in [1.165, 1.54) is 0 Å². The molecule has 8 nitrogen and oxygen atoms in total. The first kappa shape index (κ1) is 21.6. The van der Waals surface area contributed by atoms with Crippen LogP contribution in [0, 0.1) is 13.8 Å². The fourth-order valence-electron chi connectivity index (χ4n) is 1.62. The molecule has 23 heavy (non-hydrogen) atoms. The van der Waals surface area contributed by atoms with E-state index in [9.17, 15) is 4.79 Å². The summed E-state index contributed by atoms with van der Waals surface area (Å²) in [6.07, 6.45) is 0. The summed E-state index contributed by atoms with van der Waals surface area (Å²) >= 11 is 0. The first-order chi connectivity index (χ1) is 10.6.